The lowest BCUT2D eigenvalue weighted by molar-refractivity contribution is 0.272. The Balaban J connectivity index is 1.98. The van der Waals surface area contributed by atoms with E-state index in [9.17, 15) is 0 Å². The zero-order valence-electron chi connectivity index (χ0n) is 22.6. The lowest BCUT2D eigenvalue weighted by atomic mass is 9.73. The molecule has 0 bridgehead atoms. The number of pyridine rings is 1. The molecule has 182 valence electrons. The van der Waals surface area contributed by atoms with Crippen molar-refractivity contribution >= 4 is 0 Å². The van der Waals surface area contributed by atoms with Gasteiger partial charge in [0.1, 0.15) is 0 Å². The molecule has 0 aromatic carbocycles. The van der Waals surface area contributed by atoms with Crippen LogP contribution in [0.25, 0.3) is 0 Å². The highest BCUT2D eigenvalue weighted by atomic mass is 14.7. The van der Waals surface area contributed by atoms with Gasteiger partial charge in [-0.3, -0.25) is 4.98 Å². The minimum absolute atomic E-state index is 0.225. The van der Waals surface area contributed by atoms with Crippen molar-refractivity contribution in [2.75, 3.05) is 0 Å². The molecule has 2 aliphatic carbocycles. The Bertz CT molecular complexity index is 870. The zero-order valence-corrected chi connectivity index (χ0v) is 22.6. The summed E-state index contributed by atoms with van der Waals surface area (Å²) in [5.41, 5.74) is 8.81. The Morgan fingerprint density at radius 3 is 2.39 bits per heavy atom. The predicted molar refractivity (Wildman–Crippen MR) is 145 cm³/mol. The molecule has 0 saturated heterocycles. The fraction of sp³-hybridized carbons (Fsp3) is 0.656. The van der Waals surface area contributed by atoms with Gasteiger partial charge in [-0.1, -0.05) is 90.2 Å². The summed E-state index contributed by atoms with van der Waals surface area (Å²) in [6, 6.07) is 2.52. The molecule has 1 heteroatoms. The van der Waals surface area contributed by atoms with Crippen LogP contribution in [0.15, 0.2) is 47.7 Å². The van der Waals surface area contributed by atoms with Crippen LogP contribution in [-0.2, 0) is 6.42 Å². The van der Waals surface area contributed by atoms with Gasteiger partial charge in [0.2, 0.25) is 0 Å². The molecule has 2 aliphatic rings. The van der Waals surface area contributed by atoms with E-state index in [1.807, 2.05) is 0 Å². The van der Waals surface area contributed by atoms with E-state index in [0.717, 1.165) is 25.2 Å². The average molecular weight is 448 g/mol. The molecule has 0 N–H and O–H groups in total. The first-order chi connectivity index (χ1) is 15.5. The van der Waals surface area contributed by atoms with E-state index >= 15 is 0 Å². The third kappa shape index (κ3) is 7.17. The van der Waals surface area contributed by atoms with E-state index in [2.05, 4.69) is 79.5 Å². The molecule has 33 heavy (non-hydrogen) atoms. The van der Waals surface area contributed by atoms with Crippen molar-refractivity contribution in [3.05, 3.63) is 64.5 Å². The molecule has 1 aromatic heterocycles. The van der Waals surface area contributed by atoms with E-state index in [4.69, 9.17) is 4.98 Å². The third-order valence-electron chi connectivity index (χ3n) is 7.77. The van der Waals surface area contributed by atoms with Crippen molar-refractivity contribution < 1.29 is 0 Å². The first-order valence-corrected chi connectivity index (χ1v) is 13.6. The SMILES string of the molecule is C=C(C)C[C@@H](C)c1cnc(C(CC(C)C)C2CCCCC2)c(CC2=CC(C(C)(C)C)=CC2)c1. The number of hydrogen-bond donors (Lipinski definition) is 0. The molecule has 1 nitrogen and oxygen atoms in total. The molecule has 0 radical (unpaired) electrons. The fourth-order valence-corrected chi connectivity index (χ4v) is 5.97. The molecule has 1 aromatic rings. The van der Waals surface area contributed by atoms with Gasteiger partial charge in [0, 0.05) is 17.8 Å². The molecule has 1 fully saturated rings. The summed E-state index contributed by atoms with van der Waals surface area (Å²) in [6.07, 6.45) is 18.5. The van der Waals surface area contributed by atoms with Crippen molar-refractivity contribution in [3.8, 4) is 0 Å². The molecule has 0 spiro atoms. The van der Waals surface area contributed by atoms with E-state index in [0.29, 0.717) is 17.8 Å². The maximum absolute atomic E-state index is 5.27. The molecule has 0 amide bonds. The van der Waals surface area contributed by atoms with Gasteiger partial charge in [-0.2, -0.15) is 0 Å². The van der Waals surface area contributed by atoms with Gasteiger partial charge in [0.05, 0.1) is 0 Å². The van der Waals surface area contributed by atoms with Crippen LogP contribution in [0.2, 0.25) is 0 Å². The Labute approximate surface area is 204 Å². The Hall–Kier alpha value is -1.63. The highest BCUT2D eigenvalue weighted by Gasteiger charge is 2.29. The van der Waals surface area contributed by atoms with Crippen LogP contribution in [0.1, 0.15) is 128 Å². The Kier molecular flexibility index (Phi) is 8.82. The molecule has 2 atom stereocenters. The third-order valence-corrected chi connectivity index (χ3v) is 7.77. The van der Waals surface area contributed by atoms with Crippen molar-refractivity contribution in [3.63, 3.8) is 0 Å². The smallest absolute Gasteiger partial charge is 0.0472 e. The normalized spacial score (nSPS) is 19.4. The van der Waals surface area contributed by atoms with Crippen molar-refractivity contribution in [1.29, 1.82) is 0 Å². The fourth-order valence-electron chi connectivity index (χ4n) is 5.97. The lowest BCUT2D eigenvalue weighted by Gasteiger charge is -2.33. The van der Waals surface area contributed by atoms with E-state index in [1.165, 1.54) is 66.5 Å². The number of aromatic nitrogens is 1. The summed E-state index contributed by atoms with van der Waals surface area (Å²) in [6.45, 7) is 20.4. The Morgan fingerprint density at radius 2 is 1.82 bits per heavy atom. The summed E-state index contributed by atoms with van der Waals surface area (Å²) in [5.74, 6) is 2.57. The maximum Gasteiger partial charge on any atom is 0.0472 e. The van der Waals surface area contributed by atoms with Gasteiger partial charge in [0.15, 0.2) is 0 Å². The zero-order chi connectivity index (χ0) is 24.2. The van der Waals surface area contributed by atoms with Crippen molar-refractivity contribution in [2.45, 2.75) is 118 Å². The highest BCUT2D eigenvalue weighted by Crippen LogP contribution is 2.42. The van der Waals surface area contributed by atoms with Crippen LogP contribution in [0.4, 0.5) is 0 Å². The van der Waals surface area contributed by atoms with Gasteiger partial charge in [-0.25, -0.2) is 0 Å². The minimum atomic E-state index is 0.225. The standard InChI is InChI=1S/C32H49N/c1-22(2)16-24(5)28-20-27(18-25-14-15-29(19-25)32(6,7)8)31(33-21-28)30(17-23(3)4)26-12-10-9-11-13-26/h15,19-21,23-24,26,30H,1,9-14,16-18H2,2-8H3/t24-,30?/m1/s1. The van der Waals surface area contributed by atoms with Crippen LogP contribution in [-0.4, -0.2) is 4.98 Å². The summed E-state index contributed by atoms with van der Waals surface area (Å²) in [5, 5.41) is 0. The van der Waals surface area contributed by atoms with E-state index < -0.39 is 0 Å². The largest absolute Gasteiger partial charge is 0.260 e. The molecule has 1 heterocycles. The second kappa shape index (κ2) is 11.2. The van der Waals surface area contributed by atoms with Crippen LogP contribution in [0.3, 0.4) is 0 Å². The summed E-state index contributed by atoms with van der Waals surface area (Å²) >= 11 is 0. The summed E-state index contributed by atoms with van der Waals surface area (Å²) in [4.78, 5) is 5.27. The van der Waals surface area contributed by atoms with Crippen molar-refractivity contribution in [1.82, 2.24) is 4.98 Å². The first kappa shape index (κ1) is 26.0. The van der Waals surface area contributed by atoms with Gasteiger partial charge < -0.3 is 0 Å². The second-order valence-electron chi connectivity index (χ2n) is 12.6. The van der Waals surface area contributed by atoms with Crippen LogP contribution < -0.4 is 0 Å². The van der Waals surface area contributed by atoms with Gasteiger partial charge >= 0.3 is 0 Å². The first-order valence-electron chi connectivity index (χ1n) is 13.6. The lowest BCUT2D eigenvalue weighted by Crippen LogP contribution is -2.21. The molecule has 1 unspecified atom stereocenters. The second-order valence-corrected chi connectivity index (χ2v) is 12.6. The molecule has 0 aliphatic heterocycles. The number of rotatable bonds is 9. The summed E-state index contributed by atoms with van der Waals surface area (Å²) in [7, 11) is 0. The predicted octanol–water partition coefficient (Wildman–Crippen LogP) is 9.71. The highest BCUT2D eigenvalue weighted by molar-refractivity contribution is 5.41. The number of nitrogens with zero attached hydrogens (tertiary/aromatic N) is 1. The van der Waals surface area contributed by atoms with Gasteiger partial charge in [-0.05, 0) is 85.3 Å². The average Bonchev–Trinajstić information content (AvgIpc) is 3.21. The maximum atomic E-state index is 5.27. The molecule has 1 saturated carbocycles. The topological polar surface area (TPSA) is 12.9 Å². The summed E-state index contributed by atoms with van der Waals surface area (Å²) < 4.78 is 0. The minimum Gasteiger partial charge on any atom is -0.260 e. The van der Waals surface area contributed by atoms with E-state index in [-0.39, 0.29) is 5.41 Å². The molecule has 3 rings (SSSR count). The van der Waals surface area contributed by atoms with Gasteiger partial charge in [0.25, 0.3) is 0 Å². The molecular formula is C32H49N. The van der Waals surface area contributed by atoms with Crippen LogP contribution in [0, 0.1) is 17.3 Å². The van der Waals surface area contributed by atoms with Gasteiger partial charge in [-0.15, -0.1) is 6.58 Å². The van der Waals surface area contributed by atoms with Crippen molar-refractivity contribution in [2.24, 2.45) is 17.3 Å². The quantitative estimate of drug-likeness (QED) is 0.343. The number of hydrogen-bond acceptors (Lipinski definition) is 1. The Morgan fingerprint density at radius 1 is 1.12 bits per heavy atom. The number of allylic oxidation sites excluding steroid dienone is 5. The van der Waals surface area contributed by atoms with Crippen LogP contribution >= 0.6 is 0 Å². The van der Waals surface area contributed by atoms with E-state index in [1.54, 1.807) is 5.57 Å². The van der Waals surface area contributed by atoms with Crippen LogP contribution in [0.5, 0.6) is 0 Å². The monoisotopic (exact) mass is 447 g/mol. The molecular weight excluding hydrogens is 398 g/mol.